The maximum absolute atomic E-state index is 11.3. The number of benzene rings is 2. The van der Waals surface area contributed by atoms with Gasteiger partial charge >= 0.3 is 0 Å². The summed E-state index contributed by atoms with van der Waals surface area (Å²) in [4.78, 5) is 15.6. The highest BCUT2D eigenvalue weighted by molar-refractivity contribution is 6.06. The molecule has 0 aliphatic rings. The van der Waals surface area contributed by atoms with Gasteiger partial charge in [0, 0.05) is 30.1 Å². The summed E-state index contributed by atoms with van der Waals surface area (Å²) in [5, 5.41) is 13.2. The molecule has 2 N–H and O–H groups in total. The van der Waals surface area contributed by atoms with Gasteiger partial charge in [0.1, 0.15) is 11.5 Å². The van der Waals surface area contributed by atoms with Gasteiger partial charge in [0.15, 0.2) is 6.29 Å². The summed E-state index contributed by atoms with van der Waals surface area (Å²) in [5.74, 6) is 0.908. The minimum Gasteiger partial charge on any atom is -0.507 e. The molecule has 0 unspecified atom stereocenters. The van der Waals surface area contributed by atoms with E-state index < -0.39 is 0 Å². The molecule has 2 aromatic rings. The lowest BCUT2D eigenvalue weighted by Gasteiger charge is -2.08. The van der Waals surface area contributed by atoms with E-state index in [0.29, 0.717) is 30.8 Å². The summed E-state index contributed by atoms with van der Waals surface area (Å²) in [6.07, 6.45) is 14.5. The molecule has 0 saturated heterocycles. The number of phenolic OH excluding ortho intramolecular Hbond substituents is 1. The fraction of sp³-hybridized carbons (Fsp3) is 0.357. The maximum Gasteiger partial charge on any atom is 0.152 e. The molecule has 33 heavy (non-hydrogen) atoms. The summed E-state index contributed by atoms with van der Waals surface area (Å²) in [6.45, 7) is 5.50. The average Bonchev–Trinajstić information content (AvgIpc) is 2.84. The summed E-state index contributed by atoms with van der Waals surface area (Å²) in [6, 6.07) is 14.7. The SMILES string of the molecule is C=CCCCCCCCCOc1ccc(O)c(C=NCCN/C=C(\C=O)c2ccccc2)c1. The van der Waals surface area contributed by atoms with Gasteiger partial charge in [-0.15, -0.1) is 6.58 Å². The number of unbranched alkanes of at least 4 members (excludes halogenated alkanes) is 6. The Labute approximate surface area is 197 Å². The summed E-state index contributed by atoms with van der Waals surface area (Å²) in [7, 11) is 0. The molecule has 0 fully saturated rings. The molecule has 2 rings (SSSR count). The molecule has 0 bridgehead atoms. The van der Waals surface area contributed by atoms with Crippen LogP contribution in [0.3, 0.4) is 0 Å². The van der Waals surface area contributed by atoms with Crippen molar-refractivity contribution in [2.75, 3.05) is 19.7 Å². The van der Waals surface area contributed by atoms with Crippen LogP contribution >= 0.6 is 0 Å². The molecular formula is C28H36N2O3. The van der Waals surface area contributed by atoms with Gasteiger partial charge in [-0.25, -0.2) is 0 Å². The lowest BCUT2D eigenvalue weighted by atomic mass is 10.1. The molecular weight excluding hydrogens is 412 g/mol. The molecule has 176 valence electrons. The summed E-state index contributed by atoms with van der Waals surface area (Å²) >= 11 is 0. The fourth-order valence-electron chi connectivity index (χ4n) is 3.30. The van der Waals surface area contributed by atoms with Crippen LogP contribution in [0, 0.1) is 0 Å². The highest BCUT2D eigenvalue weighted by atomic mass is 16.5. The number of ether oxygens (including phenoxy) is 1. The number of carbonyl (C=O) groups is 1. The highest BCUT2D eigenvalue weighted by Gasteiger charge is 2.02. The number of phenols is 1. The Hall–Kier alpha value is -3.34. The van der Waals surface area contributed by atoms with Gasteiger partial charge in [-0.1, -0.05) is 62.1 Å². The van der Waals surface area contributed by atoms with Gasteiger partial charge in [0.05, 0.1) is 13.2 Å². The first kappa shape index (κ1) is 25.9. The Morgan fingerprint density at radius 3 is 2.55 bits per heavy atom. The molecule has 0 aromatic heterocycles. The van der Waals surface area contributed by atoms with Crippen molar-refractivity contribution in [1.82, 2.24) is 5.32 Å². The van der Waals surface area contributed by atoms with Crippen LogP contribution in [0.15, 0.2) is 72.4 Å². The van der Waals surface area contributed by atoms with E-state index in [1.54, 1.807) is 30.6 Å². The molecule has 5 heteroatoms. The molecule has 0 aliphatic carbocycles. The Kier molecular flexibility index (Phi) is 12.8. The Balaban J connectivity index is 1.69. The van der Waals surface area contributed by atoms with Crippen LogP contribution in [-0.2, 0) is 4.79 Å². The second-order valence-electron chi connectivity index (χ2n) is 7.84. The van der Waals surface area contributed by atoms with Crippen molar-refractivity contribution in [3.8, 4) is 11.5 Å². The average molecular weight is 449 g/mol. The van der Waals surface area contributed by atoms with E-state index >= 15 is 0 Å². The molecule has 0 spiro atoms. The van der Waals surface area contributed by atoms with Crippen LogP contribution < -0.4 is 10.1 Å². The topological polar surface area (TPSA) is 70.9 Å². The first-order valence-electron chi connectivity index (χ1n) is 11.8. The van der Waals surface area contributed by atoms with Crippen LogP contribution in [-0.4, -0.2) is 37.3 Å². The van der Waals surface area contributed by atoms with Crippen molar-refractivity contribution in [1.29, 1.82) is 0 Å². The van der Waals surface area contributed by atoms with Gasteiger partial charge in [-0.2, -0.15) is 0 Å². The standard InChI is InChI=1S/C28H36N2O3/c1-2-3-4-5-6-7-8-12-19-33-27-15-16-28(32)25(20-27)21-29-17-18-30-22-26(23-31)24-13-10-9-11-14-24/h2,9-11,13-16,20-23,30,32H,1,3-8,12,17-19H2/b26-22+,29-21?. The van der Waals surface area contributed by atoms with E-state index in [1.807, 2.05) is 36.4 Å². The molecule has 0 aliphatic heterocycles. The van der Waals surface area contributed by atoms with E-state index in [-0.39, 0.29) is 5.75 Å². The fourth-order valence-corrected chi connectivity index (χ4v) is 3.30. The number of aldehydes is 1. The number of hydrogen-bond donors (Lipinski definition) is 2. The van der Waals surface area contributed by atoms with Crippen molar-refractivity contribution < 1.29 is 14.6 Å². The smallest absolute Gasteiger partial charge is 0.152 e. The molecule has 0 amide bonds. The van der Waals surface area contributed by atoms with Crippen molar-refractivity contribution in [2.45, 2.75) is 44.9 Å². The van der Waals surface area contributed by atoms with Crippen LogP contribution in [0.1, 0.15) is 56.1 Å². The highest BCUT2D eigenvalue weighted by Crippen LogP contribution is 2.22. The second kappa shape index (κ2) is 16.3. The lowest BCUT2D eigenvalue weighted by Crippen LogP contribution is -2.11. The Bertz CT molecular complexity index is 891. The number of carbonyl (C=O) groups excluding carboxylic acids is 1. The molecule has 0 saturated carbocycles. The third-order valence-electron chi connectivity index (χ3n) is 5.18. The van der Waals surface area contributed by atoms with Crippen molar-refractivity contribution >= 4 is 18.1 Å². The molecule has 5 nitrogen and oxygen atoms in total. The Morgan fingerprint density at radius 1 is 1.03 bits per heavy atom. The third-order valence-corrected chi connectivity index (χ3v) is 5.18. The van der Waals surface area contributed by atoms with Gasteiger partial charge in [-0.05, 0) is 43.0 Å². The number of rotatable bonds is 17. The van der Waals surface area contributed by atoms with E-state index in [1.165, 1.54) is 25.7 Å². The number of hydrogen-bond acceptors (Lipinski definition) is 5. The molecule has 0 heterocycles. The first-order chi connectivity index (χ1) is 16.2. The zero-order valence-corrected chi connectivity index (χ0v) is 19.4. The molecule has 0 radical (unpaired) electrons. The summed E-state index contributed by atoms with van der Waals surface area (Å²) in [5.41, 5.74) is 2.09. The molecule has 0 atom stereocenters. The van der Waals surface area contributed by atoms with Crippen molar-refractivity contribution in [3.05, 3.63) is 78.5 Å². The predicted octanol–water partition coefficient (Wildman–Crippen LogP) is 5.94. The van der Waals surface area contributed by atoms with Crippen LogP contribution in [0.4, 0.5) is 0 Å². The minimum atomic E-state index is 0.172. The van der Waals surface area contributed by atoms with Crippen molar-refractivity contribution in [3.63, 3.8) is 0 Å². The van der Waals surface area contributed by atoms with Gasteiger partial charge in [0.2, 0.25) is 0 Å². The number of nitrogens with one attached hydrogen (secondary N) is 1. The normalized spacial score (nSPS) is 11.5. The van der Waals surface area contributed by atoms with Gasteiger partial charge < -0.3 is 15.2 Å². The minimum absolute atomic E-state index is 0.172. The zero-order chi connectivity index (χ0) is 23.6. The van der Waals surface area contributed by atoms with E-state index in [0.717, 1.165) is 36.9 Å². The summed E-state index contributed by atoms with van der Waals surface area (Å²) < 4.78 is 5.83. The first-order valence-corrected chi connectivity index (χ1v) is 11.8. The number of nitrogens with zero attached hydrogens (tertiary/aromatic N) is 1. The molecule has 2 aromatic carbocycles. The van der Waals surface area contributed by atoms with Crippen LogP contribution in [0.5, 0.6) is 11.5 Å². The largest absolute Gasteiger partial charge is 0.507 e. The number of allylic oxidation sites excluding steroid dienone is 2. The van der Waals surface area contributed by atoms with E-state index in [9.17, 15) is 9.90 Å². The second-order valence-corrected chi connectivity index (χ2v) is 7.84. The maximum atomic E-state index is 11.3. The monoisotopic (exact) mass is 448 g/mol. The van der Waals surface area contributed by atoms with E-state index in [4.69, 9.17) is 4.74 Å². The lowest BCUT2D eigenvalue weighted by molar-refractivity contribution is -0.103. The third kappa shape index (κ3) is 10.7. The van der Waals surface area contributed by atoms with Crippen molar-refractivity contribution in [2.24, 2.45) is 4.99 Å². The Morgan fingerprint density at radius 2 is 1.79 bits per heavy atom. The van der Waals surface area contributed by atoms with Crippen LogP contribution in [0.2, 0.25) is 0 Å². The van der Waals surface area contributed by atoms with Crippen LogP contribution in [0.25, 0.3) is 5.57 Å². The number of aliphatic imine (C=N–C) groups is 1. The quantitative estimate of drug-likeness (QED) is 0.103. The van der Waals surface area contributed by atoms with Gasteiger partial charge in [0.25, 0.3) is 0 Å². The van der Waals surface area contributed by atoms with E-state index in [2.05, 4.69) is 16.9 Å². The number of aromatic hydroxyl groups is 1. The van der Waals surface area contributed by atoms with Gasteiger partial charge in [-0.3, -0.25) is 9.79 Å². The predicted molar refractivity (Wildman–Crippen MR) is 137 cm³/mol. The zero-order valence-electron chi connectivity index (χ0n) is 19.4.